The Hall–Kier alpha value is -2.41. The maximum Gasteiger partial charge on any atom is 0.492 e. The zero-order chi connectivity index (χ0) is 24.7. The fourth-order valence-electron chi connectivity index (χ4n) is 3.54. The number of fused-ring (bicyclic) bond motifs is 1. The van der Waals surface area contributed by atoms with Gasteiger partial charge in [0.1, 0.15) is 0 Å². The number of benzene rings is 2. The van der Waals surface area contributed by atoms with Crippen LogP contribution in [0, 0.1) is 0 Å². The van der Waals surface area contributed by atoms with Crippen molar-refractivity contribution in [2.75, 3.05) is 18.4 Å². The molecule has 2 amide bonds. The number of urea groups is 1. The number of rotatable bonds is 4. The lowest BCUT2D eigenvalue weighted by atomic mass is 10.2. The Kier molecular flexibility index (Phi) is 6.53. The molecular weight excluding hydrogens is 522 g/mol. The number of sulfonamides is 1. The topological polar surface area (TPSA) is 97.0 Å². The lowest BCUT2D eigenvalue weighted by molar-refractivity contribution is -0.317. The van der Waals surface area contributed by atoms with Crippen LogP contribution in [0.2, 0.25) is 10.0 Å². The van der Waals surface area contributed by atoms with E-state index in [1.54, 1.807) is 5.32 Å². The van der Waals surface area contributed by atoms with E-state index in [0.29, 0.717) is 13.1 Å². The predicted molar refractivity (Wildman–Crippen MR) is 118 cm³/mol. The number of carbonyl (C=O) groups excluding carboxylic acids is 1. The third-order valence-corrected chi connectivity index (χ3v) is 7.81. The number of halogens is 5. The summed E-state index contributed by atoms with van der Waals surface area (Å²) < 4.78 is 78.4. The van der Waals surface area contributed by atoms with Gasteiger partial charge in [-0.2, -0.15) is 17.5 Å². The number of carbonyl (C=O) groups is 1. The number of hydrogen-bond acceptors (Lipinski definition) is 5. The van der Waals surface area contributed by atoms with Gasteiger partial charge in [-0.3, -0.25) is 5.32 Å². The van der Waals surface area contributed by atoms with Gasteiger partial charge in [0.05, 0.1) is 14.9 Å². The van der Waals surface area contributed by atoms with Crippen LogP contribution >= 0.6 is 23.2 Å². The summed E-state index contributed by atoms with van der Waals surface area (Å²) in [5, 5.41) is 3.67. The zero-order valence-electron chi connectivity index (χ0n) is 17.3. The number of hydrogen-bond donors (Lipinski definition) is 2. The van der Waals surface area contributed by atoms with Crippen molar-refractivity contribution in [2.24, 2.45) is 0 Å². The second kappa shape index (κ2) is 8.99. The van der Waals surface area contributed by atoms with Gasteiger partial charge in [-0.05, 0) is 31.0 Å². The van der Waals surface area contributed by atoms with Crippen molar-refractivity contribution >= 4 is 44.9 Å². The van der Waals surface area contributed by atoms with Gasteiger partial charge < -0.3 is 14.8 Å². The molecule has 0 saturated carbocycles. The average Bonchev–Trinajstić information content (AvgIpc) is 3.12. The van der Waals surface area contributed by atoms with E-state index in [0.717, 1.165) is 37.5 Å². The van der Waals surface area contributed by atoms with Crippen LogP contribution in [0.15, 0.2) is 41.3 Å². The molecule has 2 aliphatic heterocycles. The molecular formula is C20H18Cl2F3N3O5S. The Balaban J connectivity index is 1.53. The third-order valence-electron chi connectivity index (χ3n) is 5.19. The molecule has 0 aliphatic carbocycles. The maximum atomic E-state index is 13.9. The van der Waals surface area contributed by atoms with Gasteiger partial charge in [-0.25, -0.2) is 13.2 Å². The molecule has 2 aliphatic rings. The molecule has 2 aromatic carbocycles. The normalized spacial score (nSPS) is 17.9. The first-order valence-corrected chi connectivity index (χ1v) is 12.2. The molecule has 34 heavy (non-hydrogen) atoms. The average molecular weight is 540 g/mol. The van der Waals surface area contributed by atoms with Gasteiger partial charge in [-0.15, -0.1) is 0 Å². The fourth-order valence-corrected chi connectivity index (χ4v) is 5.41. The maximum absolute atomic E-state index is 13.9. The zero-order valence-corrected chi connectivity index (χ0v) is 19.6. The van der Waals surface area contributed by atoms with Crippen LogP contribution in [0.3, 0.4) is 0 Å². The highest BCUT2D eigenvalue weighted by Gasteiger charge is 2.66. The molecule has 2 N–H and O–H groups in total. The largest absolute Gasteiger partial charge is 0.492 e. The minimum atomic E-state index is -5.21. The summed E-state index contributed by atoms with van der Waals surface area (Å²) in [6.45, 7) is 0.746. The van der Waals surface area contributed by atoms with Crippen LogP contribution in [0.4, 0.5) is 23.7 Å². The molecule has 2 aromatic rings. The predicted octanol–water partition coefficient (Wildman–Crippen LogP) is 4.98. The van der Waals surface area contributed by atoms with Gasteiger partial charge in [0, 0.05) is 30.9 Å². The van der Waals surface area contributed by atoms with E-state index in [9.17, 15) is 26.4 Å². The Morgan fingerprint density at radius 1 is 1.00 bits per heavy atom. The number of amides is 2. The van der Waals surface area contributed by atoms with E-state index in [-0.39, 0.29) is 32.1 Å². The van der Waals surface area contributed by atoms with Crippen molar-refractivity contribution in [3.05, 3.63) is 46.4 Å². The Labute approximate surface area is 203 Å². The van der Waals surface area contributed by atoms with Gasteiger partial charge in [-0.1, -0.05) is 35.7 Å². The summed E-state index contributed by atoms with van der Waals surface area (Å²) in [6, 6.07) is 5.91. The number of anilines is 1. The van der Waals surface area contributed by atoms with Gasteiger partial charge in [0.15, 0.2) is 11.5 Å². The Bertz CT molecular complexity index is 1190. The molecule has 0 bridgehead atoms. The van der Waals surface area contributed by atoms with Crippen LogP contribution < -0.4 is 20.1 Å². The number of nitrogens with zero attached hydrogens (tertiary/aromatic N) is 1. The molecule has 1 saturated heterocycles. The third kappa shape index (κ3) is 4.72. The van der Waals surface area contributed by atoms with Crippen molar-refractivity contribution < 1.29 is 35.9 Å². The molecule has 0 atom stereocenters. The van der Waals surface area contributed by atoms with Crippen molar-refractivity contribution in [3.8, 4) is 11.5 Å². The van der Waals surface area contributed by atoms with Gasteiger partial charge in [0.25, 0.3) is 0 Å². The summed E-state index contributed by atoms with van der Waals surface area (Å²) in [5.41, 5.74) is -0.0468. The number of nitrogens with one attached hydrogen (secondary N) is 2. The number of ether oxygens (including phenoxy) is 2. The van der Waals surface area contributed by atoms with E-state index < -0.39 is 28.1 Å². The van der Waals surface area contributed by atoms with Gasteiger partial charge in [0.2, 0.25) is 10.0 Å². The van der Waals surface area contributed by atoms with Crippen LogP contribution in [-0.2, 0) is 10.0 Å². The Morgan fingerprint density at radius 2 is 1.59 bits per heavy atom. The second-order valence-electron chi connectivity index (χ2n) is 7.60. The van der Waals surface area contributed by atoms with Crippen molar-refractivity contribution in [2.45, 2.75) is 36.2 Å². The standard InChI is InChI=1S/C20H18Cl2F3N3O5S/c21-14-10-16-17(11-15(14)22)33-20(32-16,19(23,24)25)27-18(29)26-12-5-4-6-13(9-12)34(30,31)28-7-2-1-3-8-28/h4-6,9-11H,1-3,7-8H2,(H2,26,27,29). The highest BCUT2D eigenvalue weighted by molar-refractivity contribution is 7.89. The summed E-state index contributed by atoms with van der Waals surface area (Å²) in [7, 11) is -3.82. The first-order valence-electron chi connectivity index (χ1n) is 10.0. The van der Waals surface area contributed by atoms with Crippen molar-refractivity contribution in [3.63, 3.8) is 0 Å². The molecule has 2 heterocycles. The first kappa shape index (κ1) is 24.7. The molecule has 0 aromatic heterocycles. The highest BCUT2D eigenvalue weighted by atomic mass is 35.5. The highest BCUT2D eigenvalue weighted by Crippen LogP contribution is 2.48. The van der Waals surface area contributed by atoms with Crippen LogP contribution in [0.5, 0.6) is 11.5 Å². The fraction of sp³-hybridized carbons (Fsp3) is 0.350. The first-order chi connectivity index (χ1) is 15.9. The van der Waals surface area contributed by atoms with Crippen LogP contribution in [0.25, 0.3) is 0 Å². The van der Waals surface area contributed by atoms with Gasteiger partial charge >= 0.3 is 18.1 Å². The summed E-state index contributed by atoms with van der Waals surface area (Å²) in [5.74, 6) is -4.30. The van der Waals surface area contributed by atoms with Crippen molar-refractivity contribution in [1.29, 1.82) is 0 Å². The number of piperidine rings is 1. The minimum Gasteiger partial charge on any atom is -0.424 e. The van der Waals surface area contributed by atoms with E-state index in [1.165, 1.54) is 22.5 Å². The van der Waals surface area contributed by atoms with E-state index >= 15 is 0 Å². The lowest BCUT2D eigenvalue weighted by Gasteiger charge is -2.29. The van der Waals surface area contributed by atoms with E-state index in [1.807, 2.05) is 0 Å². The SMILES string of the molecule is O=C(Nc1cccc(S(=O)(=O)N2CCCCC2)c1)NC1(C(F)(F)F)Oc2cc(Cl)c(Cl)cc2O1. The molecule has 14 heteroatoms. The molecule has 0 unspecified atom stereocenters. The quantitative estimate of drug-likeness (QED) is 0.571. The molecule has 1 fully saturated rings. The van der Waals surface area contributed by atoms with Crippen LogP contribution in [-0.4, -0.2) is 43.9 Å². The van der Waals surface area contributed by atoms with E-state index in [4.69, 9.17) is 32.7 Å². The molecule has 8 nitrogen and oxygen atoms in total. The van der Waals surface area contributed by atoms with Crippen LogP contribution in [0.1, 0.15) is 19.3 Å². The smallest absolute Gasteiger partial charge is 0.424 e. The monoisotopic (exact) mass is 539 g/mol. The van der Waals surface area contributed by atoms with Crippen molar-refractivity contribution in [1.82, 2.24) is 9.62 Å². The number of alkyl halides is 3. The molecule has 4 rings (SSSR count). The molecule has 0 spiro atoms. The second-order valence-corrected chi connectivity index (χ2v) is 10.4. The summed E-state index contributed by atoms with van der Waals surface area (Å²) in [4.78, 5) is 12.4. The minimum absolute atomic E-state index is 0.0468. The summed E-state index contributed by atoms with van der Waals surface area (Å²) >= 11 is 11.6. The lowest BCUT2D eigenvalue weighted by Crippen LogP contribution is -2.65. The summed E-state index contributed by atoms with van der Waals surface area (Å²) in [6.07, 6.45) is -2.81. The van der Waals surface area contributed by atoms with E-state index in [2.05, 4.69) is 5.32 Å². The molecule has 0 radical (unpaired) electrons. The molecule has 184 valence electrons. The Morgan fingerprint density at radius 3 is 2.15 bits per heavy atom.